The second-order valence-electron chi connectivity index (χ2n) is 4.30. The number of carbonyl (C=O) groups excluding carboxylic acids is 1. The van der Waals surface area contributed by atoms with Crippen LogP contribution in [0.4, 0.5) is 0 Å². The molecule has 0 fully saturated rings. The lowest BCUT2D eigenvalue weighted by molar-refractivity contribution is 0.112. The quantitative estimate of drug-likeness (QED) is 0.620. The van der Waals surface area contributed by atoms with Gasteiger partial charge in [-0.1, -0.05) is 17.5 Å². The zero-order valence-corrected chi connectivity index (χ0v) is 11.6. The van der Waals surface area contributed by atoms with Crippen LogP contribution in [0.2, 0.25) is 5.02 Å². The van der Waals surface area contributed by atoms with Crippen molar-refractivity contribution >= 4 is 17.9 Å². The summed E-state index contributed by atoms with van der Waals surface area (Å²) in [5, 5.41) is 0.362. The van der Waals surface area contributed by atoms with E-state index in [9.17, 15) is 4.79 Å². The molecular formula is C14H15ClO3. The fourth-order valence-electron chi connectivity index (χ4n) is 1.44. The smallest absolute Gasteiger partial charge is 0.163 e. The van der Waals surface area contributed by atoms with E-state index in [4.69, 9.17) is 27.5 Å². The minimum atomic E-state index is -0.788. The van der Waals surface area contributed by atoms with Crippen LogP contribution in [-0.2, 0) is 0 Å². The van der Waals surface area contributed by atoms with Gasteiger partial charge in [0.05, 0.1) is 17.7 Å². The van der Waals surface area contributed by atoms with Crippen LogP contribution in [0, 0.1) is 19.3 Å². The Bertz CT molecular complexity index is 513. The van der Waals surface area contributed by atoms with Crippen molar-refractivity contribution in [2.75, 3.05) is 7.11 Å². The number of hydrogen-bond donors (Lipinski definition) is 0. The van der Waals surface area contributed by atoms with Gasteiger partial charge in [0.1, 0.15) is 11.5 Å². The first-order valence-corrected chi connectivity index (χ1v) is 5.73. The molecule has 18 heavy (non-hydrogen) atoms. The third-order valence-corrected chi connectivity index (χ3v) is 3.00. The van der Waals surface area contributed by atoms with E-state index in [2.05, 4.69) is 5.92 Å². The Balaban J connectivity index is 3.36. The summed E-state index contributed by atoms with van der Waals surface area (Å²) in [6.07, 6.45) is 6.07. The molecule has 0 aliphatic heterocycles. The lowest BCUT2D eigenvalue weighted by atomic mass is 10.1. The van der Waals surface area contributed by atoms with Gasteiger partial charge in [-0.25, -0.2) is 0 Å². The Morgan fingerprint density at radius 3 is 2.50 bits per heavy atom. The van der Waals surface area contributed by atoms with Gasteiger partial charge >= 0.3 is 0 Å². The normalized spacial score (nSPS) is 10.7. The molecular weight excluding hydrogens is 252 g/mol. The molecule has 1 rings (SSSR count). The number of rotatable bonds is 4. The van der Waals surface area contributed by atoms with Gasteiger partial charge < -0.3 is 9.47 Å². The maximum atomic E-state index is 11.0. The number of carbonyl (C=O) groups is 1. The van der Waals surface area contributed by atoms with Crippen molar-refractivity contribution in [1.82, 2.24) is 0 Å². The van der Waals surface area contributed by atoms with E-state index in [1.165, 1.54) is 7.11 Å². The van der Waals surface area contributed by atoms with Crippen molar-refractivity contribution in [3.8, 4) is 23.8 Å². The molecule has 0 heterocycles. The van der Waals surface area contributed by atoms with Crippen LogP contribution >= 0.6 is 11.6 Å². The summed E-state index contributed by atoms with van der Waals surface area (Å²) >= 11 is 6.16. The van der Waals surface area contributed by atoms with Crippen molar-refractivity contribution in [3.05, 3.63) is 22.2 Å². The molecule has 1 aromatic rings. The van der Waals surface area contributed by atoms with Gasteiger partial charge in [-0.3, -0.25) is 4.79 Å². The number of hydrogen-bond acceptors (Lipinski definition) is 3. The summed E-state index contributed by atoms with van der Waals surface area (Å²) < 4.78 is 10.8. The molecule has 0 bridgehead atoms. The molecule has 96 valence electrons. The Kier molecular flexibility index (Phi) is 4.26. The average Bonchev–Trinajstić information content (AvgIpc) is 2.34. The molecule has 0 spiro atoms. The monoisotopic (exact) mass is 266 g/mol. The summed E-state index contributed by atoms with van der Waals surface area (Å²) in [5.74, 6) is 3.33. The van der Waals surface area contributed by atoms with E-state index in [-0.39, 0.29) is 0 Å². The summed E-state index contributed by atoms with van der Waals surface area (Å²) in [6.45, 7) is 5.22. The third kappa shape index (κ3) is 2.77. The van der Waals surface area contributed by atoms with E-state index in [0.29, 0.717) is 33.9 Å². The van der Waals surface area contributed by atoms with Gasteiger partial charge in [-0.2, -0.15) is 0 Å². The molecule has 0 amide bonds. The maximum absolute atomic E-state index is 11.0. The Morgan fingerprint density at radius 2 is 2.06 bits per heavy atom. The first-order valence-electron chi connectivity index (χ1n) is 5.35. The number of methoxy groups -OCH3 is 1. The molecule has 0 saturated heterocycles. The standard InChI is InChI=1S/C14H15ClO3/c1-6-14(3,4)18-12-7-11(17-5)10(8-16)9(2)13(12)15/h1,7-8H,2-5H3. The summed E-state index contributed by atoms with van der Waals surface area (Å²) in [7, 11) is 1.48. The first-order chi connectivity index (χ1) is 8.36. The van der Waals surface area contributed by atoms with E-state index in [1.54, 1.807) is 26.8 Å². The highest BCUT2D eigenvalue weighted by atomic mass is 35.5. The van der Waals surface area contributed by atoms with Crippen LogP contribution in [0.15, 0.2) is 6.07 Å². The molecule has 1 aromatic carbocycles. The molecule has 0 unspecified atom stereocenters. The molecule has 0 aromatic heterocycles. The van der Waals surface area contributed by atoms with E-state index >= 15 is 0 Å². The van der Waals surface area contributed by atoms with Gasteiger partial charge in [0.25, 0.3) is 0 Å². The number of benzene rings is 1. The highest BCUT2D eigenvalue weighted by Gasteiger charge is 2.21. The molecule has 0 aliphatic carbocycles. The van der Waals surface area contributed by atoms with E-state index in [1.807, 2.05) is 0 Å². The summed E-state index contributed by atoms with van der Waals surface area (Å²) in [5.41, 5.74) is 0.228. The Hall–Kier alpha value is -1.66. The second kappa shape index (κ2) is 5.32. The molecule has 0 saturated carbocycles. The van der Waals surface area contributed by atoms with Crippen LogP contribution in [0.5, 0.6) is 11.5 Å². The fraction of sp³-hybridized carbons (Fsp3) is 0.357. The number of ether oxygens (including phenoxy) is 2. The number of halogens is 1. The van der Waals surface area contributed by atoms with Crippen molar-refractivity contribution < 1.29 is 14.3 Å². The average molecular weight is 267 g/mol. The number of terminal acetylenes is 1. The lowest BCUT2D eigenvalue weighted by Gasteiger charge is -2.22. The minimum Gasteiger partial charge on any atom is -0.496 e. The second-order valence-corrected chi connectivity index (χ2v) is 4.68. The zero-order valence-electron chi connectivity index (χ0n) is 10.8. The molecule has 3 nitrogen and oxygen atoms in total. The zero-order chi connectivity index (χ0) is 13.9. The maximum Gasteiger partial charge on any atom is 0.163 e. The molecule has 0 atom stereocenters. The van der Waals surface area contributed by atoms with Crippen LogP contribution < -0.4 is 9.47 Å². The van der Waals surface area contributed by atoms with Gasteiger partial charge in [0, 0.05) is 6.07 Å². The van der Waals surface area contributed by atoms with Crippen LogP contribution in [0.25, 0.3) is 0 Å². The number of aldehydes is 1. The van der Waals surface area contributed by atoms with E-state index in [0.717, 1.165) is 0 Å². The summed E-state index contributed by atoms with van der Waals surface area (Å²) in [6, 6.07) is 1.57. The topological polar surface area (TPSA) is 35.5 Å². The lowest BCUT2D eigenvalue weighted by Crippen LogP contribution is -2.25. The highest BCUT2D eigenvalue weighted by molar-refractivity contribution is 6.33. The third-order valence-electron chi connectivity index (χ3n) is 2.53. The van der Waals surface area contributed by atoms with Crippen molar-refractivity contribution in [2.24, 2.45) is 0 Å². The Labute approximate surface area is 112 Å². The minimum absolute atomic E-state index is 0.362. The van der Waals surface area contributed by atoms with Gasteiger partial charge in [-0.05, 0) is 26.3 Å². The summed E-state index contributed by atoms with van der Waals surface area (Å²) in [4.78, 5) is 11.0. The van der Waals surface area contributed by atoms with Crippen LogP contribution in [-0.4, -0.2) is 19.0 Å². The molecule has 0 radical (unpaired) electrons. The largest absolute Gasteiger partial charge is 0.496 e. The molecule has 0 aliphatic rings. The van der Waals surface area contributed by atoms with Gasteiger partial charge in [0.2, 0.25) is 0 Å². The predicted molar refractivity (Wildman–Crippen MR) is 71.7 cm³/mol. The van der Waals surface area contributed by atoms with Gasteiger partial charge in [0.15, 0.2) is 11.9 Å². The predicted octanol–water partition coefficient (Wildman–Crippen LogP) is 3.26. The molecule has 4 heteroatoms. The molecule has 0 N–H and O–H groups in total. The van der Waals surface area contributed by atoms with E-state index < -0.39 is 5.60 Å². The van der Waals surface area contributed by atoms with Gasteiger partial charge in [-0.15, -0.1) is 6.42 Å². The van der Waals surface area contributed by atoms with Crippen LogP contribution in [0.1, 0.15) is 29.8 Å². The Morgan fingerprint density at radius 1 is 1.44 bits per heavy atom. The van der Waals surface area contributed by atoms with Crippen molar-refractivity contribution in [2.45, 2.75) is 26.4 Å². The fourth-order valence-corrected chi connectivity index (χ4v) is 1.64. The SMILES string of the molecule is C#CC(C)(C)Oc1cc(OC)c(C=O)c(C)c1Cl. The van der Waals surface area contributed by atoms with Crippen molar-refractivity contribution in [1.29, 1.82) is 0 Å². The first kappa shape index (κ1) is 14.4. The van der Waals surface area contributed by atoms with Crippen LogP contribution in [0.3, 0.4) is 0 Å². The van der Waals surface area contributed by atoms with Crippen molar-refractivity contribution in [3.63, 3.8) is 0 Å². The highest BCUT2D eigenvalue weighted by Crippen LogP contribution is 2.37.